The molecule has 3 rings (SSSR count). The molecule has 124 valence electrons. The minimum absolute atomic E-state index is 0.114. The minimum Gasteiger partial charge on any atom is -0.352 e. The van der Waals surface area contributed by atoms with E-state index >= 15 is 0 Å². The Labute approximate surface area is 140 Å². The molecule has 1 atom stereocenters. The van der Waals surface area contributed by atoms with E-state index in [1.54, 1.807) is 12.1 Å². The van der Waals surface area contributed by atoms with E-state index in [9.17, 15) is 14.0 Å². The van der Waals surface area contributed by atoms with Gasteiger partial charge in [0.25, 0.3) is 0 Å². The first kappa shape index (κ1) is 16.2. The number of carbonyl (C=O) groups excluding carboxylic acids is 2. The number of hydrogen-bond acceptors (Lipinski definition) is 2. The number of nitrogens with zero attached hydrogens (tertiary/aromatic N) is 1. The van der Waals surface area contributed by atoms with Gasteiger partial charge in [-0.05, 0) is 36.8 Å². The fourth-order valence-corrected chi connectivity index (χ4v) is 2.91. The molecule has 0 saturated carbocycles. The van der Waals surface area contributed by atoms with Crippen molar-refractivity contribution in [1.29, 1.82) is 0 Å². The quantitative estimate of drug-likeness (QED) is 0.939. The summed E-state index contributed by atoms with van der Waals surface area (Å²) in [5.74, 6) is -0.975. The lowest BCUT2D eigenvalue weighted by Gasteiger charge is -2.16. The highest BCUT2D eigenvalue weighted by molar-refractivity contribution is 6.00. The maximum Gasteiger partial charge on any atom is 0.227 e. The molecule has 4 nitrogen and oxygen atoms in total. The molecule has 1 heterocycles. The van der Waals surface area contributed by atoms with Gasteiger partial charge in [0.1, 0.15) is 5.82 Å². The lowest BCUT2D eigenvalue weighted by Crippen LogP contribution is -2.32. The zero-order valence-corrected chi connectivity index (χ0v) is 13.5. The lowest BCUT2D eigenvalue weighted by molar-refractivity contribution is -0.126. The Morgan fingerprint density at radius 2 is 2.00 bits per heavy atom. The summed E-state index contributed by atoms with van der Waals surface area (Å²) >= 11 is 0. The molecular formula is C19H19FN2O2. The Morgan fingerprint density at radius 1 is 1.25 bits per heavy atom. The summed E-state index contributed by atoms with van der Waals surface area (Å²) in [7, 11) is 0. The largest absolute Gasteiger partial charge is 0.352 e. The second-order valence-corrected chi connectivity index (χ2v) is 6.09. The molecule has 2 amide bonds. The summed E-state index contributed by atoms with van der Waals surface area (Å²) in [6.07, 6.45) is 0.178. The Balaban J connectivity index is 1.60. The van der Waals surface area contributed by atoms with E-state index in [0.29, 0.717) is 18.8 Å². The zero-order valence-electron chi connectivity index (χ0n) is 13.5. The SMILES string of the molecule is Cc1cccc(CNC(=O)[C@H]2CC(=O)N(c3ccc(F)cc3)C2)c1. The fraction of sp³-hybridized carbons (Fsp3) is 0.263. The summed E-state index contributed by atoms with van der Waals surface area (Å²) in [5.41, 5.74) is 2.79. The monoisotopic (exact) mass is 326 g/mol. The maximum absolute atomic E-state index is 13.0. The van der Waals surface area contributed by atoms with E-state index in [1.165, 1.54) is 17.0 Å². The van der Waals surface area contributed by atoms with E-state index < -0.39 is 0 Å². The standard InChI is InChI=1S/C19H19FN2O2/c1-13-3-2-4-14(9-13)11-21-19(24)15-10-18(23)22(12-15)17-7-5-16(20)6-8-17/h2-9,15H,10-12H2,1H3,(H,21,24)/t15-/m0/s1. The van der Waals surface area contributed by atoms with Crippen LogP contribution in [0.1, 0.15) is 17.5 Å². The van der Waals surface area contributed by atoms with Crippen molar-refractivity contribution >= 4 is 17.5 Å². The van der Waals surface area contributed by atoms with Crippen LogP contribution in [0.3, 0.4) is 0 Å². The molecule has 1 saturated heterocycles. The predicted molar refractivity (Wildman–Crippen MR) is 89.9 cm³/mol. The molecule has 1 N–H and O–H groups in total. The first-order chi connectivity index (χ1) is 11.5. The van der Waals surface area contributed by atoms with Crippen molar-refractivity contribution in [2.45, 2.75) is 19.9 Å². The van der Waals surface area contributed by atoms with Gasteiger partial charge in [-0.1, -0.05) is 29.8 Å². The molecule has 2 aromatic carbocycles. The third kappa shape index (κ3) is 3.62. The topological polar surface area (TPSA) is 49.4 Å². The Bertz CT molecular complexity index is 758. The number of hydrogen-bond donors (Lipinski definition) is 1. The van der Waals surface area contributed by atoms with Crippen LogP contribution in [-0.2, 0) is 16.1 Å². The average Bonchev–Trinajstić information content (AvgIpc) is 2.95. The van der Waals surface area contributed by atoms with Gasteiger partial charge in [0.2, 0.25) is 11.8 Å². The summed E-state index contributed by atoms with van der Waals surface area (Å²) in [6, 6.07) is 13.7. The number of anilines is 1. The molecule has 1 fully saturated rings. The average molecular weight is 326 g/mol. The van der Waals surface area contributed by atoms with Crippen molar-refractivity contribution in [3.8, 4) is 0 Å². The fourth-order valence-electron chi connectivity index (χ4n) is 2.91. The number of benzene rings is 2. The van der Waals surface area contributed by atoms with Gasteiger partial charge in [-0.3, -0.25) is 9.59 Å². The highest BCUT2D eigenvalue weighted by Gasteiger charge is 2.34. The van der Waals surface area contributed by atoms with Crippen LogP contribution in [0.4, 0.5) is 10.1 Å². The zero-order chi connectivity index (χ0) is 17.1. The molecule has 0 spiro atoms. The van der Waals surface area contributed by atoms with E-state index in [0.717, 1.165) is 11.1 Å². The van der Waals surface area contributed by atoms with E-state index in [4.69, 9.17) is 0 Å². The van der Waals surface area contributed by atoms with E-state index in [-0.39, 0.29) is 30.0 Å². The Morgan fingerprint density at radius 3 is 2.71 bits per heavy atom. The number of rotatable bonds is 4. The summed E-state index contributed by atoms with van der Waals surface area (Å²) in [6.45, 7) is 2.77. The Kier molecular flexibility index (Phi) is 4.60. The van der Waals surface area contributed by atoms with Crippen molar-refractivity contribution < 1.29 is 14.0 Å². The number of halogens is 1. The molecule has 5 heteroatoms. The first-order valence-corrected chi connectivity index (χ1v) is 7.92. The maximum atomic E-state index is 13.0. The van der Waals surface area contributed by atoms with Crippen LogP contribution in [0, 0.1) is 18.7 Å². The molecule has 2 aromatic rings. The third-order valence-corrected chi connectivity index (χ3v) is 4.18. The van der Waals surface area contributed by atoms with Crippen LogP contribution in [0.5, 0.6) is 0 Å². The molecular weight excluding hydrogens is 307 g/mol. The van der Waals surface area contributed by atoms with Crippen molar-refractivity contribution in [2.24, 2.45) is 5.92 Å². The van der Waals surface area contributed by atoms with Gasteiger partial charge < -0.3 is 10.2 Å². The van der Waals surface area contributed by atoms with Crippen LogP contribution in [0.2, 0.25) is 0 Å². The third-order valence-electron chi connectivity index (χ3n) is 4.18. The summed E-state index contributed by atoms with van der Waals surface area (Å²) in [5, 5.41) is 2.89. The van der Waals surface area contributed by atoms with Crippen molar-refractivity contribution in [1.82, 2.24) is 5.32 Å². The van der Waals surface area contributed by atoms with E-state index in [2.05, 4.69) is 5.32 Å². The molecule has 0 aliphatic carbocycles. The van der Waals surface area contributed by atoms with Crippen LogP contribution >= 0.6 is 0 Å². The molecule has 1 aliphatic rings. The van der Waals surface area contributed by atoms with E-state index in [1.807, 2.05) is 31.2 Å². The predicted octanol–water partition coefficient (Wildman–Crippen LogP) is 2.80. The van der Waals surface area contributed by atoms with Crippen LogP contribution in [0.15, 0.2) is 48.5 Å². The molecule has 0 radical (unpaired) electrons. The smallest absolute Gasteiger partial charge is 0.227 e. The van der Waals surface area contributed by atoms with Gasteiger partial charge >= 0.3 is 0 Å². The first-order valence-electron chi connectivity index (χ1n) is 7.92. The highest BCUT2D eigenvalue weighted by Crippen LogP contribution is 2.25. The van der Waals surface area contributed by atoms with Gasteiger partial charge in [0.05, 0.1) is 5.92 Å². The second-order valence-electron chi connectivity index (χ2n) is 6.09. The van der Waals surface area contributed by atoms with Gasteiger partial charge in [-0.15, -0.1) is 0 Å². The number of amides is 2. The summed E-state index contributed by atoms with van der Waals surface area (Å²) < 4.78 is 13.0. The van der Waals surface area contributed by atoms with Crippen LogP contribution in [0.25, 0.3) is 0 Å². The van der Waals surface area contributed by atoms with Crippen molar-refractivity contribution in [2.75, 3.05) is 11.4 Å². The van der Waals surface area contributed by atoms with Gasteiger partial charge in [-0.25, -0.2) is 4.39 Å². The second kappa shape index (κ2) is 6.83. The number of aryl methyl sites for hydroxylation is 1. The van der Waals surface area contributed by atoms with Crippen LogP contribution < -0.4 is 10.2 Å². The van der Waals surface area contributed by atoms with Crippen molar-refractivity contribution in [3.05, 3.63) is 65.5 Å². The van der Waals surface area contributed by atoms with Gasteiger partial charge in [0.15, 0.2) is 0 Å². The lowest BCUT2D eigenvalue weighted by atomic mass is 10.1. The minimum atomic E-state index is -0.382. The molecule has 24 heavy (non-hydrogen) atoms. The number of nitrogens with one attached hydrogen (secondary N) is 1. The van der Waals surface area contributed by atoms with Gasteiger partial charge in [-0.2, -0.15) is 0 Å². The normalized spacial score (nSPS) is 17.2. The van der Waals surface area contributed by atoms with Crippen LogP contribution in [-0.4, -0.2) is 18.4 Å². The Hall–Kier alpha value is -2.69. The molecule has 0 unspecified atom stereocenters. The number of carbonyl (C=O) groups is 2. The van der Waals surface area contributed by atoms with Crippen molar-refractivity contribution in [3.63, 3.8) is 0 Å². The molecule has 0 bridgehead atoms. The molecule has 0 aromatic heterocycles. The van der Waals surface area contributed by atoms with Gasteiger partial charge in [0, 0.05) is 25.2 Å². The highest BCUT2D eigenvalue weighted by atomic mass is 19.1. The summed E-state index contributed by atoms with van der Waals surface area (Å²) in [4.78, 5) is 26.0. The molecule has 1 aliphatic heterocycles.